The Kier molecular flexibility index (Phi) is 3.51. The second kappa shape index (κ2) is 5.62. The zero-order chi connectivity index (χ0) is 14.7. The van der Waals surface area contributed by atoms with Crippen molar-refractivity contribution in [1.82, 2.24) is 20.5 Å². The number of carbonyl (C=O) groups is 1. The van der Waals surface area contributed by atoms with E-state index in [0.29, 0.717) is 17.8 Å². The van der Waals surface area contributed by atoms with Gasteiger partial charge in [-0.1, -0.05) is 12.1 Å². The molecule has 0 spiro atoms. The number of nitrogens with zero attached hydrogens (tertiary/aromatic N) is 2. The van der Waals surface area contributed by atoms with E-state index in [4.69, 9.17) is 4.74 Å². The number of pyridine rings is 1. The minimum atomic E-state index is -0.165. The Balaban J connectivity index is 1.67. The van der Waals surface area contributed by atoms with Gasteiger partial charge in [0.1, 0.15) is 5.75 Å². The summed E-state index contributed by atoms with van der Waals surface area (Å²) < 4.78 is 5.09. The van der Waals surface area contributed by atoms with Gasteiger partial charge in [-0.05, 0) is 23.8 Å². The van der Waals surface area contributed by atoms with Crippen molar-refractivity contribution in [2.75, 3.05) is 7.11 Å². The number of methoxy groups -OCH3 is 1. The normalized spacial score (nSPS) is 10.5. The second-order valence-corrected chi connectivity index (χ2v) is 4.56. The maximum atomic E-state index is 12.1. The Hall–Kier alpha value is -2.89. The van der Waals surface area contributed by atoms with Crippen LogP contribution in [0.3, 0.4) is 0 Å². The number of amides is 1. The molecule has 0 aliphatic heterocycles. The summed E-state index contributed by atoms with van der Waals surface area (Å²) in [7, 11) is 1.62. The maximum absolute atomic E-state index is 12.1. The lowest BCUT2D eigenvalue weighted by Gasteiger charge is -2.06. The molecule has 21 heavy (non-hydrogen) atoms. The molecule has 2 N–H and O–H groups in total. The number of hydrogen-bond acceptors (Lipinski definition) is 4. The molecular weight excluding hydrogens is 268 g/mol. The third kappa shape index (κ3) is 2.84. The van der Waals surface area contributed by atoms with Crippen LogP contribution < -0.4 is 10.1 Å². The number of rotatable bonds is 4. The molecule has 1 aromatic carbocycles. The molecule has 0 atom stereocenters. The van der Waals surface area contributed by atoms with Crippen LogP contribution in [-0.2, 0) is 6.54 Å². The monoisotopic (exact) mass is 282 g/mol. The smallest absolute Gasteiger partial charge is 0.253 e. The Bertz CT molecular complexity index is 765. The highest BCUT2D eigenvalue weighted by Gasteiger charge is 2.08. The molecular formula is C15H14N4O2. The molecule has 106 valence electrons. The van der Waals surface area contributed by atoms with Crippen molar-refractivity contribution in [1.29, 1.82) is 0 Å². The molecule has 0 fully saturated rings. The number of H-pyrrole nitrogens is 1. The molecule has 0 aliphatic rings. The van der Waals surface area contributed by atoms with E-state index in [-0.39, 0.29) is 5.91 Å². The van der Waals surface area contributed by atoms with Crippen molar-refractivity contribution in [3.63, 3.8) is 0 Å². The van der Waals surface area contributed by atoms with Gasteiger partial charge < -0.3 is 10.1 Å². The number of fused-ring (bicyclic) bond motifs is 1. The predicted octanol–water partition coefficient (Wildman–Crippen LogP) is 1.90. The van der Waals surface area contributed by atoms with E-state index in [9.17, 15) is 4.79 Å². The van der Waals surface area contributed by atoms with Gasteiger partial charge in [-0.2, -0.15) is 5.10 Å². The fraction of sp³-hybridized carbons (Fsp3) is 0.133. The number of ether oxygens (including phenoxy) is 1. The van der Waals surface area contributed by atoms with Gasteiger partial charge in [0.25, 0.3) is 5.91 Å². The average Bonchev–Trinajstić information content (AvgIpc) is 3.00. The highest BCUT2D eigenvalue weighted by molar-refractivity contribution is 5.96. The fourth-order valence-corrected chi connectivity index (χ4v) is 1.99. The molecule has 3 rings (SSSR count). The summed E-state index contributed by atoms with van der Waals surface area (Å²) in [6.45, 7) is 0.451. The summed E-state index contributed by atoms with van der Waals surface area (Å²) in [5.74, 6) is 0.626. The Morgan fingerprint density at radius 2 is 2.10 bits per heavy atom. The van der Waals surface area contributed by atoms with Gasteiger partial charge in [0.2, 0.25) is 0 Å². The summed E-state index contributed by atoms with van der Waals surface area (Å²) in [4.78, 5) is 16.2. The van der Waals surface area contributed by atoms with Gasteiger partial charge >= 0.3 is 0 Å². The zero-order valence-corrected chi connectivity index (χ0v) is 11.5. The van der Waals surface area contributed by atoms with Crippen LogP contribution in [-0.4, -0.2) is 28.2 Å². The van der Waals surface area contributed by atoms with Crippen molar-refractivity contribution in [3.8, 4) is 5.75 Å². The van der Waals surface area contributed by atoms with Gasteiger partial charge in [-0.25, -0.2) is 4.98 Å². The van der Waals surface area contributed by atoms with Crippen LogP contribution in [0, 0.1) is 0 Å². The summed E-state index contributed by atoms with van der Waals surface area (Å²) in [6, 6.07) is 9.31. The largest absolute Gasteiger partial charge is 0.497 e. The Morgan fingerprint density at radius 3 is 2.86 bits per heavy atom. The van der Waals surface area contributed by atoms with Crippen LogP contribution in [0.15, 0.2) is 42.7 Å². The van der Waals surface area contributed by atoms with Crippen LogP contribution in [0.4, 0.5) is 0 Å². The van der Waals surface area contributed by atoms with E-state index < -0.39 is 0 Å². The van der Waals surface area contributed by atoms with Gasteiger partial charge in [-0.3, -0.25) is 9.89 Å². The summed E-state index contributed by atoms with van der Waals surface area (Å²) in [5.41, 5.74) is 2.18. The number of benzene rings is 1. The van der Waals surface area contributed by atoms with Crippen LogP contribution in [0.25, 0.3) is 11.0 Å². The first-order valence-electron chi connectivity index (χ1n) is 6.46. The zero-order valence-electron chi connectivity index (χ0n) is 11.5. The van der Waals surface area contributed by atoms with Crippen molar-refractivity contribution in [2.45, 2.75) is 6.54 Å². The highest BCUT2D eigenvalue weighted by Crippen LogP contribution is 2.12. The number of aromatic amines is 1. The van der Waals surface area contributed by atoms with Crippen molar-refractivity contribution in [3.05, 3.63) is 53.9 Å². The average molecular weight is 282 g/mol. The molecule has 2 heterocycles. The summed E-state index contributed by atoms with van der Waals surface area (Å²) >= 11 is 0. The topological polar surface area (TPSA) is 79.9 Å². The van der Waals surface area contributed by atoms with E-state index >= 15 is 0 Å². The quantitative estimate of drug-likeness (QED) is 0.766. The van der Waals surface area contributed by atoms with Crippen LogP contribution in [0.5, 0.6) is 5.75 Å². The van der Waals surface area contributed by atoms with Gasteiger partial charge in [0.15, 0.2) is 5.65 Å². The second-order valence-electron chi connectivity index (χ2n) is 4.56. The Morgan fingerprint density at radius 1 is 1.29 bits per heavy atom. The lowest BCUT2D eigenvalue weighted by molar-refractivity contribution is 0.0950. The maximum Gasteiger partial charge on any atom is 0.253 e. The van der Waals surface area contributed by atoms with E-state index in [1.54, 1.807) is 19.4 Å². The highest BCUT2D eigenvalue weighted by atomic mass is 16.5. The van der Waals surface area contributed by atoms with Crippen LogP contribution in [0.1, 0.15) is 15.9 Å². The third-order valence-corrected chi connectivity index (χ3v) is 3.17. The molecule has 0 saturated heterocycles. The number of hydrogen-bond donors (Lipinski definition) is 2. The molecule has 1 amide bonds. The molecule has 6 nitrogen and oxygen atoms in total. The molecule has 6 heteroatoms. The molecule has 3 aromatic rings. The van der Waals surface area contributed by atoms with E-state index in [2.05, 4.69) is 20.5 Å². The lowest BCUT2D eigenvalue weighted by Crippen LogP contribution is -2.22. The molecule has 0 unspecified atom stereocenters. The minimum Gasteiger partial charge on any atom is -0.497 e. The number of aromatic nitrogens is 3. The first-order chi connectivity index (χ1) is 10.3. The molecule has 0 bridgehead atoms. The van der Waals surface area contributed by atoms with Crippen molar-refractivity contribution < 1.29 is 9.53 Å². The van der Waals surface area contributed by atoms with Crippen molar-refractivity contribution in [2.24, 2.45) is 0 Å². The predicted molar refractivity (Wildman–Crippen MR) is 78.1 cm³/mol. The molecule has 0 saturated carbocycles. The fourth-order valence-electron chi connectivity index (χ4n) is 1.99. The van der Waals surface area contributed by atoms with Crippen molar-refractivity contribution >= 4 is 16.9 Å². The SMILES string of the molecule is COc1ccc(CNC(=O)c2cnc3[nH]ncc3c2)cc1. The van der Waals surface area contributed by atoms with Gasteiger partial charge in [-0.15, -0.1) is 0 Å². The van der Waals surface area contributed by atoms with Crippen LogP contribution in [0.2, 0.25) is 0 Å². The molecule has 0 aliphatic carbocycles. The minimum absolute atomic E-state index is 0.165. The first kappa shape index (κ1) is 13.1. The molecule has 2 aromatic heterocycles. The van der Waals surface area contributed by atoms with E-state index in [1.807, 2.05) is 24.3 Å². The van der Waals surface area contributed by atoms with Gasteiger partial charge in [0, 0.05) is 18.1 Å². The van der Waals surface area contributed by atoms with E-state index in [0.717, 1.165) is 16.7 Å². The molecule has 0 radical (unpaired) electrons. The van der Waals surface area contributed by atoms with Crippen LogP contribution >= 0.6 is 0 Å². The number of carbonyl (C=O) groups excluding carboxylic acids is 1. The third-order valence-electron chi connectivity index (χ3n) is 3.17. The summed E-state index contributed by atoms with van der Waals surface area (Å²) in [5, 5.41) is 10.3. The Labute approximate surface area is 121 Å². The standard InChI is InChI=1S/C15H14N4O2/c1-21-13-4-2-10(3-5-13)7-17-15(20)12-6-11-9-18-19-14(11)16-8-12/h2-6,8-9H,7H2,1H3,(H,17,20)(H,16,18,19). The van der Waals surface area contributed by atoms with E-state index in [1.165, 1.54) is 6.20 Å². The first-order valence-corrected chi connectivity index (χ1v) is 6.46. The number of nitrogens with one attached hydrogen (secondary N) is 2. The van der Waals surface area contributed by atoms with Gasteiger partial charge in [0.05, 0.1) is 18.9 Å². The summed E-state index contributed by atoms with van der Waals surface area (Å²) in [6.07, 6.45) is 3.17. The lowest BCUT2D eigenvalue weighted by atomic mass is 10.2.